The maximum absolute atomic E-state index is 12.4. The lowest BCUT2D eigenvalue weighted by atomic mass is 9.88. The molecule has 1 N–H and O–H groups in total. The molecule has 2 amide bonds. The summed E-state index contributed by atoms with van der Waals surface area (Å²) in [6.07, 6.45) is 9.13. The quantitative estimate of drug-likeness (QED) is 0.828. The maximum Gasteiger partial charge on any atom is 0.317 e. The van der Waals surface area contributed by atoms with Gasteiger partial charge in [-0.3, -0.25) is 0 Å². The van der Waals surface area contributed by atoms with Gasteiger partial charge in [0.25, 0.3) is 0 Å². The average Bonchev–Trinajstić information content (AvgIpc) is 3.06. The number of urea groups is 1. The summed E-state index contributed by atoms with van der Waals surface area (Å²) in [4.78, 5) is 14.3. The van der Waals surface area contributed by atoms with Crippen molar-refractivity contribution in [3.63, 3.8) is 0 Å². The van der Waals surface area contributed by atoms with Crippen LogP contribution in [0, 0.1) is 5.92 Å². The molecule has 0 radical (unpaired) electrons. The first kappa shape index (κ1) is 18.2. The predicted octanol–water partition coefficient (Wildman–Crippen LogP) is 2.30. The number of carbonyl (C=O) groups is 1. The van der Waals surface area contributed by atoms with Crippen LogP contribution in [-0.2, 0) is 11.8 Å². The molecule has 3 atom stereocenters. The van der Waals surface area contributed by atoms with Crippen molar-refractivity contribution in [2.75, 3.05) is 26.2 Å². The van der Waals surface area contributed by atoms with Gasteiger partial charge in [-0.05, 0) is 31.6 Å². The molecule has 7 nitrogen and oxygen atoms in total. The SMILES string of the molecule is C[C@@H]1CCCC[C@H]1OCCNC(=O)N1CCC[C@@H](c2nncn2C)C1. The molecule has 140 valence electrons. The fourth-order valence-corrected chi connectivity index (χ4v) is 4.04. The van der Waals surface area contributed by atoms with E-state index in [1.54, 1.807) is 6.33 Å². The van der Waals surface area contributed by atoms with Gasteiger partial charge in [0.15, 0.2) is 0 Å². The van der Waals surface area contributed by atoms with Crippen molar-refractivity contribution >= 4 is 6.03 Å². The molecule has 3 rings (SSSR count). The molecule has 25 heavy (non-hydrogen) atoms. The minimum atomic E-state index is 0.00663. The number of hydrogen-bond acceptors (Lipinski definition) is 4. The van der Waals surface area contributed by atoms with Gasteiger partial charge in [-0.25, -0.2) is 4.79 Å². The Morgan fingerprint density at radius 3 is 2.92 bits per heavy atom. The summed E-state index contributed by atoms with van der Waals surface area (Å²) in [6.45, 7) is 4.96. The normalized spacial score (nSPS) is 27.3. The second kappa shape index (κ2) is 8.65. The van der Waals surface area contributed by atoms with E-state index in [4.69, 9.17) is 4.74 Å². The Balaban J connectivity index is 1.40. The molecule has 1 aromatic rings. The highest BCUT2D eigenvalue weighted by Gasteiger charge is 2.27. The van der Waals surface area contributed by atoms with E-state index in [1.807, 2.05) is 16.5 Å². The topological polar surface area (TPSA) is 72.3 Å². The van der Waals surface area contributed by atoms with Crippen LogP contribution >= 0.6 is 0 Å². The van der Waals surface area contributed by atoms with Crippen LogP contribution in [0.2, 0.25) is 0 Å². The first-order chi connectivity index (χ1) is 12.1. The lowest BCUT2D eigenvalue weighted by Gasteiger charge is -2.32. The minimum Gasteiger partial charge on any atom is -0.376 e. The first-order valence-corrected chi connectivity index (χ1v) is 9.63. The molecule has 1 saturated carbocycles. The Morgan fingerprint density at radius 2 is 2.16 bits per heavy atom. The molecule has 2 aliphatic rings. The van der Waals surface area contributed by atoms with E-state index in [1.165, 1.54) is 19.3 Å². The second-order valence-corrected chi connectivity index (χ2v) is 7.49. The third kappa shape index (κ3) is 4.71. The number of nitrogens with zero attached hydrogens (tertiary/aromatic N) is 4. The average molecular weight is 349 g/mol. The summed E-state index contributed by atoms with van der Waals surface area (Å²) in [6, 6.07) is 0.00663. The van der Waals surface area contributed by atoms with Crippen molar-refractivity contribution in [1.82, 2.24) is 25.0 Å². The van der Waals surface area contributed by atoms with Crippen molar-refractivity contribution in [3.05, 3.63) is 12.2 Å². The molecule has 7 heteroatoms. The van der Waals surface area contributed by atoms with Gasteiger partial charge in [0.1, 0.15) is 12.2 Å². The smallest absolute Gasteiger partial charge is 0.317 e. The summed E-state index contributed by atoms with van der Waals surface area (Å²) in [5.74, 6) is 1.87. The Morgan fingerprint density at radius 1 is 1.32 bits per heavy atom. The molecule has 1 aliphatic heterocycles. The third-order valence-electron chi connectivity index (χ3n) is 5.56. The highest BCUT2D eigenvalue weighted by Crippen LogP contribution is 2.26. The predicted molar refractivity (Wildman–Crippen MR) is 95.3 cm³/mol. The monoisotopic (exact) mass is 349 g/mol. The zero-order valence-corrected chi connectivity index (χ0v) is 15.5. The molecule has 1 aromatic heterocycles. The highest BCUT2D eigenvalue weighted by atomic mass is 16.5. The lowest BCUT2D eigenvalue weighted by Crippen LogP contribution is -2.46. The van der Waals surface area contributed by atoms with Gasteiger partial charge in [-0.15, -0.1) is 10.2 Å². The summed E-state index contributed by atoms with van der Waals surface area (Å²) >= 11 is 0. The number of amides is 2. The van der Waals surface area contributed by atoms with E-state index in [2.05, 4.69) is 22.4 Å². The Bertz CT molecular complexity index is 561. The van der Waals surface area contributed by atoms with Gasteiger partial charge >= 0.3 is 6.03 Å². The summed E-state index contributed by atoms with van der Waals surface area (Å²) in [5.41, 5.74) is 0. The number of rotatable bonds is 5. The molecule has 1 saturated heterocycles. The van der Waals surface area contributed by atoms with Crippen LogP contribution in [0.1, 0.15) is 57.2 Å². The fraction of sp³-hybridized carbons (Fsp3) is 0.833. The van der Waals surface area contributed by atoms with Gasteiger partial charge < -0.3 is 19.5 Å². The van der Waals surface area contributed by atoms with Crippen molar-refractivity contribution in [3.8, 4) is 0 Å². The minimum absolute atomic E-state index is 0.00663. The molecule has 0 unspecified atom stereocenters. The van der Waals surface area contributed by atoms with Gasteiger partial charge in [0, 0.05) is 32.6 Å². The standard InChI is InChI=1S/C18H31N5O2/c1-14-6-3-4-8-16(14)25-11-9-19-18(24)23-10-5-7-15(12-23)17-21-20-13-22(17)2/h13-16H,3-12H2,1-2H3,(H,19,24)/t14-,15-,16-/m1/s1. The molecular weight excluding hydrogens is 318 g/mol. The van der Waals surface area contributed by atoms with E-state index < -0.39 is 0 Å². The Hall–Kier alpha value is -1.63. The van der Waals surface area contributed by atoms with E-state index >= 15 is 0 Å². The van der Waals surface area contributed by atoms with Crippen LogP contribution in [0.3, 0.4) is 0 Å². The summed E-state index contributed by atoms with van der Waals surface area (Å²) in [7, 11) is 1.96. The van der Waals surface area contributed by atoms with E-state index in [9.17, 15) is 4.79 Å². The van der Waals surface area contributed by atoms with Crippen LogP contribution in [0.5, 0.6) is 0 Å². The van der Waals surface area contributed by atoms with Crippen LogP contribution in [-0.4, -0.2) is 58.0 Å². The van der Waals surface area contributed by atoms with E-state index in [0.29, 0.717) is 31.7 Å². The van der Waals surface area contributed by atoms with Gasteiger partial charge in [0.05, 0.1) is 12.7 Å². The van der Waals surface area contributed by atoms with Crippen molar-refractivity contribution in [2.24, 2.45) is 13.0 Å². The largest absolute Gasteiger partial charge is 0.376 e. The number of hydrogen-bond donors (Lipinski definition) is 1. The zero-order valence-electron chi connectivity index (χ0n) is 15.5. The van der Waals surface area contributed by atoms with Crippen LogP contribution in [0.4, 0.5) is 4.79 Å². The molecule has 0 spiro atoms. The lowest BCUT2D eigenvalue weighted by molar-refractivity contribution is -0.00277. The van der Waals surface area contributed by atoms with Crippen molar-refractivity contribution in [1.29, 1.82) is 0 Å². The molecule has 0 aromatic carbocycles. The van der Waals surface area contributed by atoms with Crippen LogP contribution < -0.4 is 5.32 Å². The van der Waals surface area contributed by atoms with Crippen LogP contribution in [0.25, 0.3) is 0 Å². The maximum atomic E-state index is 12.4. The number of piperidine rings is 1. The van der Waals surface area contributed by atoms with Crippen molar-refractivity contribution < 1.29 is 9.53 Å². The number of nitrogens with one attached hydrogen (secondary N) is 1. The molecule has 1 aliphatic carbocycles. The highest BCUT2D eigenvalue weighted by molar-refractivity contribution is 5.74. The fourth-order valence-electron chi connectivity index (χ4n) is 4.04. The zero-order chi connectivity index (χ0) is 17.6. The molecule has 2 heterocycles. The summed E-state index contributed by atoms with van der Waals surface area (Å²) in [5, 5.41) is 11.2. The first-order valence-electron chi connectivity index (χ1n) is 9.63. The van der Waals surface area contributed by atoms with E-state index in [-0.39, 0.29) is 11.9 Å². The van der Waals surface area contributed by atoms with Gasteiger partial charge in [0.2, 0.25) is 0 Å². The van der Waals surface area contributed by atoms with Crippen molar-refractivity contribution in [2.45, 2.75) is 57.5 Å². The van der Waals surface area contributed by atoms with Gasteiger partial charge in [-0.1, -0.05) is 19.8 Å². The Kier molecular flexibility index (Phi) is 6.29. The number of ether oxygens (including phenoxy) is 1. The second-order valence-electron chi connectivity index (χ2n) is 7.49. The van der Waals surface area contributed by atoms with Crippen LogP contribution in [0.15, 0.2) is 6.33 Å². The summed E-state index contributed by atoms with van der Waals surface area (Å²) < 4.78 is 7.92. The number of likely N-dealkylation sites (tertiary alicyclic amines) is 1. The Labute approximate surface area is 150 Å². The molecule has 0 bridgehead atoms. The third-order valence-corrected chi connectivity index (χ3v) is 5.56. The number of aryl methyl sites for hydroxylation is 1. The van der Waals surface area contributed by atoms with E-state index in [0.717, 1.165) is 31.6 Å². The molecule has 2 fully saturated rings. The van der Waals surface area contributed by atoms with Gasteiger partial charge in [-0.2, -0.15) is 0 Å². The number of aromatic nitrogens is 3. The number of carbonyl (C=O) groups excluding carboxylic acids is 1. The molecular formula is C18H31N5O2.